The fourth-order valence-electron chi connectivity index (χ4n) is 2.52. The van der Waals surface area contributed by atoms with Crippen molar-refractivity contribution in [3.05, 3.63) is 16.6 Å². The molecule has 1 aliphatic rings. The number of rotatable bonds is 4. The molecule has 20 heavy (non-hydrogen) atoms. The Bertz CT molecular complexity index is 463. The van der Waals surface area contributed by atoms with Crippen molar-refractivity contribution < 1.29 is 14.7 Å². The van der Waals surface area contributed by atoms with Crippen molar-refractivity contribution >= 4 is 23.3 Å². The van der Waals surface area contributed by atoms with Gasteiger partial charge in [-0.1, -0.05) is 12.8 Å². The lowest BCUT2D eigenvalue weighted by atomic mass is 9.84. The fourth-order valence-corrected chi connectivity index (χ4v) is 3.16. The summed E-state index contributed by atoms with van der Waals surface area (Å²) in [6.07, 6.45) is 4.90. The summed E-state index contributed by atoms with van der Waals surface area (Å²) in [5, 5.41) is 17.4. The molecular weight excluding hydrogens is 278 g/mol. The summed E-state index contributed by atoms with van der Waals surface area (Å²) >= 11 is 1.48. The van der Waals surface area contributed by atoms with E-state index < -0.39 is 11.9 Å². The molecular formula is C13H19N3O3S. The molecule has 1 aliphatic carbocycles. The fraction of sp³-hybridized carbons (Fsp3) is 0.615. The van der Waals surface area contributed by atoms with Crippen LogP contribution in [0, 0.1) is 5.92 Å². The van der Waals surface area contributed by atoms with Crippen LogP contribution >= 0.6 is 11.3 Å². The topological polar surface area (TPSA) is 91.3 Å². The first kappa shape index (κ1) is 14.8. The number of amides is 2. The van der Waals surface area contributed by atoms with E-state index in [1.807, 2.05) is 12.3 Å². The van der Waals surface area contributed by atoms with Gasteiger partial charge in [0.1, 0.15) is 5.01 Å². The summed E-state index contributed by atoms with van der Waals surface area (Å²) in [5.74, 6) is -1.31. The molecule has 1 saturated carbocycles. The number of hydrogen-bond donors (Lipinski definition) is 3. The molecule has 1 aromatic rings. The second kappa shape index (κ2) is 6.69. The minimum atomic E-state index is -0.831. The molecule has 1 heterocycles. The number of aliphatic carboxylic acids is 1. The van der Waals surface area contributed by atoms with E-state index in [-0.39, 0.29) is 18.1 Å². The lowest BCUT2D eigenvalue weighted by Gasteiger charge is -2.29. The summed E-state index contributed by atoms with van der Waals surface area (Å²) in [6.45, 7) is 1.86. The van der Waals surface area contributed by atoms with Gasteiger partial charge >= 0.3 is 12.0 Å². The number of carboxylic acids is 1. The predicted molar refractivity (Wildman–Crippen MR) is 75.6 cm³/mol. The molecule has 1 fully saturated rings. The lowest BCUT2D eigenvalue weighted by Crippen LogP contribution is -2.49. The average molecular weight is 297 g/mol. The lowest BCUT2D eigenvalue weighted by molar-refractivity contribution is -0.143. The molecule has 3 N–H and O–H groups in total. The maximum atomic E-state index is 11.9. The van der Waals surface area contributed by atoms with Crippen molar-refractivity contribution in [1.82, 2.24) is 15.6 Å². The van der Waals surface area contributed by atoms with Crippen molar-refractivity contribution in [2.24, 2.45) is 5.92 Å². The van der Waals surface area contributed by atoms with Crippen LogP contribution in [0.2, 0.25) is 0 Å². The molecule has 2 amide bonds. The van der Waals surface area contributed by atoms with Crippen LogP contribution in [-0.4, -0.2) is 28.1 Å². The van der Waals surface area contributed by atoms with Gasteiger partial charge in [0.2, 0.25) is 0 Å². The molecule has 0 bridgehead atoms. The van der Waals surface area contributed by atoms with Gasteiger partial charge in [0, 0.05) is 17.6 Å². The van der Waals surface area contributed by atoms with Crippen LogP contribution in [0.25, 0.3) is 0 Å². The van der Waals surface area contributed by atoms with Crippen LogP contribution in [0.3, 0.4) is 0 Å². The third-order valence-corrected chi connectivity index (χ3v) is 4.53. The summed E-state index contributed by atoms with van der Waals surface area (Å²) in [5.41, 5.74) is 0. The maximum absolute atomic E-state index is 11.9. The van der Waals surface area contributed by atoms with Gasteiger partial charge in [0.25, 0.3) is 0 Å². The van der Waals surface area contributed by atoms with Crippen LogP contribution in [0.1, 0.15) is 43.7 Å². The first-order chi connectivity index (χ1) is 9.58. The Kier molecular flexibility index (Phi) is 4.94. The molecule has 2 rings (SSSR count). The van der Waals surface area contributed by atoms with Gasteiger partial charge in [-0.2, -0.15) is 0 Å². The summed E-state index contributed by atoms with van der Waals surface area (Å²) < 4.78 is 0. The van der Waals surface area contributed by atoms with Gasteiger partial charge in [-0.25, -0.2) is 9.78 Å². The Hall–Kier alpha value is -1.63. The highest BCUT2D eigenvalue weighted by molar-refractivity contribution is 7.09. The van der Waals surface area contributed by atoms with E-state index in [0.717, 1.165) is 24.3 Å². The molecule has 0 aliphatic heterocycles. The smallest absolute Gasteiger partial charge is 0.315 e. The second-order valence-electron chi connectivity index (χ2n) is 5.05. The van der Waals surface area contributed by atoms with E-state index in [2.05, 4.69) is 15.6 Å². The Balaban J connectivity index is 1.88. The third kappa shape index (κ3) is 3.69. The third-order valence-electron chi connectivity index (χ3n) is 3.57. The molecule has 3 unspecified atom stereocenters. The number of hydrogen-bond acceptors (Lipinski definition) is 4. The highest BCUT2D eigenvalue weighted by atomic mass is 32.1. The zero-order chi connectivity index (χ0) is 14.5. The van der Waals surface area contributed by atoms with Crippen LogP contribution in [0.5, 0.6) is 0 Å². The summed E-state index contributed by atoms with van der Waals surface area (Å²) in [7, 11) is 0. The monoisotopic (exact) mass is 297 g/mol. The minimum absolute atomic E-state index is 0.179. The maximum Gasteiger partial charge on any atom is 0.315 e. The average Bonchev–Trinajstić information content (AvgIpc) is 2.92. The molecule has 0 saturated heterocycles. The number of nitrogens with zero attached hydrogens (tertiary/aromatic N) is 1. The highest BCUT2D eigenvalue weighted by Gasteiger charge is 2.32. The Morgan fingerprint density at radius 2 is 2.20 bits per heavy atom. The normalized spacial score (nSPS) is 23.9. The van der Waals surface area contributed by atoms with Gasteiger partial charge in [-0.05, 0) is 19.8 Å². The Morgan fingerprint density at radius 3 is 2.85 bits per heavy atom. The number of carbonyl (C=O) groups excluding carboxylic acids is 1. The van der Waals surface area contributed by atoms with Crippen LogP contribution in [0.15, 0.2) is 11.6 Å². The highest BCUT2D eigenvalue weighted by Crippen LogP contribution is 2.24. The molecule has 0 spiro atoms. The summed E-state index contributed by atoms with van der Waals surface area (Å²) in [6, 6.07) is -0.794. The number of thiazole rings is 1. The SMILES string of the molecule is CC(NC(=O)NC1CCCCC1C(=O)O)c1nccs1. The first-order valence-electron chi connectivity index (χ1n) is 6.77. The Labute approximate surface area is 121 Å². The molecule has 0 aromatic carbocycles. The van der Waals surface area contributed by atoms with Crippen LogP contribution < -0.4 is 10.6 Å². The Morgan fingerprint density at radius 1 is 1.45 bits per heavy atom. The van der Waals surface area contributed by atoms with Crippen molar-refractivity contribution in [1.29, 1.82) is 0 Å². The van der Waals surface area contributed by atoms with Gasteiger partial charge in [-0.15, -0.1) is 11.3 Å². The van der Waals surface area contributed by atoms with E-state index in [0.29, 0.717) is 6.42 Å². The number of urea groups is 1. The van der Waals surface area contributed by atoms with Crippen LogP contribution in [-0.2, 0) is 4.79 Å². The van der Waals surface area contributed by atoms with Gasteiger partial charge in [0.15, 0.2) is 0 Å². The molecule has 1 aromatic heterocycles. The van der Waals surface area contributed by atoms with Crippen molar-refractivity contribution in [2.75, 3.05) is 0 Å². The molecule has 6 nitrogen and oxygen atoms in total. The van der Waals surface area contributed by atoms with Crippen molar-refractivity contribution in [2.45, 2.75) is 44.7 Å². The van der Waals surface area contributed by atoms with E-state index in [9.17, 15) is 14.7 Å². The largest absolute Gasteiger partial charge is 0.481 e. The van der Waals surface area contributed by atoms with E-state index in [4.69, 9.17) is 0 Å². The molecule has 7 heteroatoms. The number of carboxylic acid groups (broad SMARTS) is 1. The summed E-state index contributed by atoms with van der Waals surface area (Å²) in [4.78, 5) is 27.3. The van der Waals surface area contributed by atoms with Gasteiger partial charge in [0.05, 0.1) is 12.0 Å². The van der Waals surface area contributed by atoms with Crippen molar-refractivity contribution in [3.8, 4) is 0 Å². The van der Waals surface area contributed by atoms with Gasteiger partial charge in [-0.3, -0.25) is 4.79 Å². The standard InChI is InChI=1S/C13H19N3O3S/c1-8(11-14-6-7-20-11)15-13(19)16-10-5-3-2-4-9(10)12(17)18/h6-10H,2-5H2,1H3,(H,17,18)(H2,15,16,19). The number of nitrogens with one attached hydrogen (secondary N) is 2. The van der Waals surface area contributed by atoms with Crippen LogP contribution in [0.4, 0.5) is 4.79 Å². The minimum Gasteiger partial charge on any atom is -0.481 e. The predicted octanol–water partition coefficient (Wildman–Crippen LogP) is 2.15. The first-order valence-corrected chi connectivity index (χ1v) is 7.65. The number of aromatic nitrogens is 1. The molecule has 0 radical (unpaired) electrons. The van der Waals surface area contributed by atoms with Crippen molar-refractivity contribution in [3.63, 3.8) is 0 Å². The molecule has 3 atom stereocenters. The quantitative estimate of drug-likeness (QED) is 0.794. The zero-order valence-electron chi connectivity index (χ0n) is 11.3. The second-order valence-corrected chi connectivity index (χ2v) is 5.97. The zero-order valence-corrected chi connectivity index (χ0v) is 12.2. The van der Waals surface area contributed by atoms with E-state index >= 15 is 0 Å². The van der Waals surface area contributed by atoms with Gasteiger partial charge < -0.3 is 15.7 Å². The van der Waals surface area contributed by atoms with E-state index in [1.165, 1.54) is 11.3 Å². The molecule has 110 valence electrons. The number of carbonyl (C=O) groups is 2. The van der Waals surface area contributed by atoms with E-state index in [1.54, 1.807) is 6.20 Å².